The number of para-hydroxylation sites is 1. The fourth-order valence-electron chi connectivity index (χ4n) is 6.96. The molecule has 2 aliphatic carbocycles. The van der Waals surface area contributed by atoms with Crippen LogP contribution >= 0.6 is 0 Å². The number of nitrogens with zero attached hydrogens (tertiary/aromatic N) is 3. The molecule has 3 unspecified atom stereocenters. The van der Waals surface area contributed by atoms with Crippen molar-refractivity contribution < 1.29 is 4.42 Å². The highest BCUT2D eigenvalue weighted by Crippen LogP contribution is 2.42. The first kappa shape index (κ1) is 24.4. The summed E-state index contributed by atoms with van der Waals surface area (Å²) in [5, 5.41) is 3.45. The van der Waals surface area contributed by atoms with Gasteiger partial charge < -0.3 is 4.42 Å². The summed E-state index contributed by atoms with van der Waals surface area (Å²) in [5.41, 5.74) is 8.68. The molecule has 3 heterocycles. The van der Waals surface area contributed by atoms with Crippen LogP contribution in [-0.2, 0) is 12.0 Å². The second kappa shape index (κ2) is 9.04. The average Bonchev–Trinajstić information content (AvgIpc) is 3.52. The van der Waals surface area contributed by atoms with Crippen LogP contribution in [0.1, 0.15) is 50.4 Å². The minimum Gasteiger partial charge on any atom is -0.455 e. The number of hydrogen-bond donors (Lipinski definition) is 0. The zero-order chi connectivity index (χ0) is 27.7. The van der Waals surface area contributed by atoms with E-state index in [2.05, 4.69) is 116 Å². The Morgan fingerprint density at radius 1 is 0.878 bits per heavy atom. The van der Waals surface area contributed by atoms with Gasteiger partial charge in [-0.05, 0) is 60.9 Å². The molecule has 3 aliphatic rings. The summed E-state index contributed by atoms with van der Waals surface area (Å²) in [5.74, 6) is 1.69. The summed E-state index contributed by atoms with van der Waals surface area (Å²) >= 11 is 0. The Balaban J connectivity index is 1.43. The van der Waals surface area contributed by atoms with Crippen LogP contribution in [0.5, 0.6) is 0 Å². The van der Waals surface area contributed by atoms with E-state index in [4.69, 9.17) is 14.4 Å². The molecule has 0 spiro atoms. The SMILES string of the molecule is CC1C=CC=C(C2=NC(n3c4c(c5c6oc7ccccc7c6ccc53)C=CC(C)C4)=NC(C)(c3ccccc3)C2)C1. The molecule has 1 aliphatic heterocycles. The maximum atomic E-state index is 6.56. The van der Waals surface area contributed by atoms with E-state index in [-0.39, 0.29) is 0 Å². The number of aromatic nitrogens is 1. The first-order valence-corrected chi connectivity index (χ1v) is 14.8. The maximum Gasteiger partial charge on any atom is 0.230 e. The summed E-state index contributed by atoms with van der Waals surface area (Å²) in [6, 6.07) is 23.5. The molecule has 5 aromatic rings. The molecule has 3 atom stereocenters. The molecule has 0 bridgehead atoms. The van der Waals surface area contributed by atoms with Crippen LogP contribution in [0.3, 0.4) is 0 Å². The number of fused-ring (bicyclic) bond motifs is 7. The van der Waals surface area contributed by atoms with E-state index in [0.29, 0.717) is 11.8 Å². The highest BCUT2D eigenvalue weighted by atomic mass is 16.3. The molecule has 0 saturated heterocycles. The average molecular weight is 536 g/mol. The molecule has 41 heavy (non-hydrogen) atoms. The second-order valence-electron chi connectivity index (χ2n) is 12.2. The van der Waals surface area contributed by atoms with Gasteiger partial charge in [0, 0.05) is 28.5 Å². The lowest BCUT2D eigenvalue weighted by Gasteiger charge is -2.33. The van der Waals surface area contributed by atoms with Gasteiger partial charge in [-0.2, -0.15) is 0 Å². The zero-order valence-electron chi connectivity index (χ0n) is 23.8. The smallest absolute Gasteiger partial charge is 0.230 e. The van der Waals surface area contributed by atoms with Crippen LogP contribution in [0.15, 0.2) is 111 Å². The predicted octanol–water partition coefficient (Wildman–Crippen LogP) is 9.23. The minimum atomic E-state index is -0.429. The van der Waals surface area contributed by atoms with Gasteiger partial charge in [-0.25, -0.2) is 9.98 Å². The molecule has 0 fully saturated rings. The number of rotatable bonds is 2. The summed E-state index contributed by atoms with van der Waals surface area (Å²) in [7, 11) is 0. The van der Waals surface area contributed by atoms with Crippen LogP contribution in [0.2, 0.25) is 0 Å². The van der Waals surface area contributed by atoms with Crippen LogP contribution in [-0.4, -0.2) is 16.2 Å². The van der Waals surface area contributed by atoms with Gasteiger partial charge in [0.15, 0.2) is 0 Å². The van der Waals surface area contributed by atoms with Crippen molar-refractivity contribution in [3.63, 3.8) is 0 Å². The first-order chi connectivity index (χ1) is 20.0. The number of aliphatic imine (C=N–C) groups is 2. The van der Waals surface area contributed by atoms with Crippen molar-refractivity contribution >= 4 is 50.6 Å². The Morgan fingerprint density at radius 2 is 1.68 bits per heavy atom. The molecule has 0 amide bonds. The molecule has 0 saturated carbocycles. The summed E-state index contributed by atoms with van der Waals surface area (Å²) in [4.78, 5) is 10.9. The molecular formula is C37H33N3O. The molecule has 4 heteroatoms. The molecular weight excluding hydrogens is 502 g/mol. The monoisotopic (exact) mass is 535 g/mol. The maximum absolute atomic E-state index is 6.56. The number of allylic oxidation sites excluding steroid dienone is 5. The van der Waals surface area contributed by atoms with E-state index in [1.165, 1.54) is 22.4 Å². The summed E-state index contributed by atoms with van der Waals surface area (Å²) < 4.78 is 8.89. The van der Waals surface area contributed by atoms with E-state index in [9.17, 15) is 0 Å². The number of furan rings is 1. The van der Waals surface area contributed by atoms with Crippen LogP contribution in [0, 0.1) is 11.8 Å². The summed E-state index contributed by atoms with van der Waals surface area (Å²) in [6.45, 7) is 6.82. The van der Waals surface area contributed by atoms with Crippen molar-refractivity contribution in [1.82, 2.24) is 4.57 Å². The quantitative estimate of drug-likeness (QED) is 0.222. The van der Waals surface area contributed by atoms with E-state index in [1.807, 2.05) is 6.07 Å². The van der Waals surface area contributed by atoms with Gasteiger partial charge >= 0.3 is 0 Å². The zero-order valence-corrected chi connectivity index (χ0v) is 23.8. The van der Waals surface area contributed by atoms with Crippen molar-refractivity contribution in [1.29, 1.82) is 0 Å². The largest absolute Gasteiger partial charge is 0.455 e. The van der Waals surface area contributed by atoms with Crippen LogP contribution < -0.4 is 0 Å². The van der Waals surface area contributed by atoms with Crippen LogP contribution in [0.25, 0.3) is 38.9 Å². The van der Waals surface area contributed by atoms with E-state index in [1.54, 1.807) is 0 Å². The van der Waals surface area contributed by atoms with Crippen LogP contribution in [0.4, 0.5) is 0 Å². The van der Waals surface area contributed by atoms with Gasteiger partial charge in [0.2, 0.25) is 5.96 Å². The van der Waals surface area contributed by atoms with Gasteiger partial charge in [-0.15, -0.1) is 0 Å². The third kappa shape index (κ3) is 3.81. The fraction of sp³-hybridized carbons (Fsp3) is 0.243. The predicted molar refractivity (Wildman–Crippen MR) is 171 cm³/mol. The minimum absolute atomic E-state index is 0.428. The summed E-state index contributed by atoms with van der Waals surface area (Å²) in [6.07, 6.45) is 14.0. The fourth-order valence-corrected chi connectivity index (χ4v) is 6.96. The number of hydrogen-bond acceptors (Lipinski definition) is 3. The molecule has 4 nitrogen and oxygen atoms in total. The van der Waals surface area contributed by atoms with E-state index >= 15 is 0 Å². The molecule has 2 aromatic heterocycles. The molecule has 3 aromatic carbocycles. The Hall–Kier alpha value is -4.44. The standard InChI is InChI=1S/C37H33N3O/c1-23-10-9-11-25(20-23)30-22-37(3,26-12-5-4-6-13-26)39-36(38-30)40-31-19-18-28-27-14-7-8-15-33(27)41-35(28)34(31)29-17-16-24(2)21-32(29)40/h4-19,23-24H,20-22H2,1-3H3. The Morgan fingerprint density at radius 3 is 2.54 bits per heavy atom. The Kier molecular flexibility index (Phi) is 5.37. The van der Waals surface area contributed by atoms with Crippen molar-refractivity contribution in [2.45, 2.75) is 45.6 Å². The number of benzene rings is 3. The third-order valence-electron chi connectivity index (χ3n) is 9.06. The Bertz CT molecular complexity index is 2010. The molecule has 8 rings (SSSR count). The highest BCUT2D eigenvalue weighted by molar-refractivity contribution is 6.19. The van der Waals surface area contributed by atoms with Gasteiger partial charge in [0.05, 0.1) is 22.2 Å². The molecule has 0 N–H and O–H groups in total. The third-order valence-corrected chi connectivity index (χ3v) is 9.06. The van der Waals surface area contributed by atoms with Crippen molar-refractivity contribution in [3.8, 4) is 0 Å². The van der Waals surface area contributed by atoms with Crippen molar-refractivity contribution in [2.24, 2.45) is 21.8 Å². The first-order valence-electron chi connectivity index (χ1n) is 14.8. The second-order valence-corrected chi connectivity index (χ2v) is 12.2. The molecule has 202 valence electrons. The normalized spacial score (nSPS) is 24.0. The van der Waals surface area contributed by atoms with Crippen molar-refractivity contribution in [3.05, 3.63) is 113 Å². The Labute approximate surface area is 240 Å². The van der Waals surface area contributed by atoms with E-state index < -0.39 is 5.54 Å². The molecule has 0 radical (unpaired) electrons. The lowest BCUT2D eigenvalue weighted by atomic mass is 9.82. The lowest BCUT2D eigenvalue weighted by molar-refractivity contribution is 0.508. The lowest BCUT2D eigenvalue weighted by Crippen LogP contribution is -2.33. The topological polar surface area (TPSA) is 42.8 Å². The van der Waals surface area contributed by atoms with Gasteiger partial charge in [0.25, 0.3) is 0 Å². The highest BCUT2D eigenvalue weighted by Gasteiger charge is 2.36. The van der Waals surface area contributed by atoms with Gasteiger partial charge in [-0.1, -0.05) is 92.8 Å². The van der Waals surface area contributed by atoms with Crippen molar-refractivity contribution in [2.75, 3.05) is 0 Å². The van der Waals surface area contributed by atoms with Gasteiger partial charge in [0.1, 0.15) is 11.2 Å². The van der Waals surface area contributed by atoms with Gasteiger partial charge in [-0.3, -0.25) is 4.57 Å². The van der Waals surface area contributed by atoms with E-state index in [0.717, 1.165) is 63.8 Å².